The average Bonchev–Trinajstić information content (AvgIpc) is 2.84. The summed E-state index contributed by atoms with van der Waals surface area (Å²) in [6.45, 7) is 2.04. The van der Waals surface area contributed by atoms with E-state index in [4.69, 9.17) is 11.6 Å². The first-order valence-corrected chi connectivity index (χ1v) is 12.7. The molecule has 34 heavy (non-hydrogen) atoms. The van der Waals surface area contributed by atoms with Gasteiger partial charge in [0.2, 0.25) is 15.9 Å². The lowest BCUT2D eigenvalue weighted by Gasteiger charge is -2.22. The number of nitrogens with zero attached hydrogens (tertiary/aromatic N) is 1. The first kappa shape index (κ1) is 24.0. The second-order valence-electron chi connectivity index (χ2n) is 8.13. The number of hydrogen-bond donors (Lipinski definition) is 1. The summed E-state index contributed by atoms with van der Waals surface area (Å²) in [7, 11) is -3.92. The summed E-state index contributed by atoms with van der Waals surface area (Å²) < 4.78 is 28.0. The zero-order valence-corrected chi connectivity index (χ0v) is 20.3. The van der Waals surface area contributed by atoms with Gasteiger partial charge < -0.3 is 5.32 Å². The van der Waals surface area contributed by atoms with Crippen molar-refractivity contribution in [1.29, 1.82) is 0 Å². The molecule has 0 radical (unpaired) electrons. The normalized spacial score (nSPS) is 11.6. The molecule has 4 aromatic carbocycles. The lowest BCUT2D eigenvalue weighted by Crippen LogP contribution is -2.40. The third kappa shape index (κ3) is 5.65. The maximum Gasteiger partial charge on any atom is 0.243 e. The summed E-state index contributed by atoms with van der Waals surface area (Å²) in [5, 5.41) is 5.46. The molecule has 0 heterocycles. The van der Waals surface area contributed by atoms with Crippen LogP contribution in [0.25, 0.3) is 10.8 Å². The van der Waals surface area contributed by atoms with E-state index in [9.17, 15) is 13.2 Å². The van der Waals surface area contributed by atoms with Crippen molar-refractivity contribution < 1.29 is 13.2 Å². The number of hydrogen-bond acceptors (Lipinski definition) is 3. The number of amides is 1. The SMILES string of the molecule is Cc1ccc(CN(CC(=O)NCc2cccc3ccccc23)S(=O)(=O)c2ccc(Cl)cc2)cc1. The Kier molecular flexibility index (Phi) is 7.32. The highest BCUT2D eigenvalue weighted by atomic mass is 35.5. The van der Waals surface area contributed by atoms with Gasteiger partial charge in [-0.05, 0) is 53.1 Å². The molecular formula is C27H25ClN2O3S. The highest BCUT2D eigenvalue weighted by Crippen LogP contribution is 2.21. The Morgan fingerprint density at radius 3 is 2.29 bits per heavy atom. The number of aryl methyl sites for hydroxylation is 1. The molecule has 0 spiro atoms. The molecule has 0 unspecified atom stereocenters. The van der Waals surface area contributed by atoms with Crippen LogP contribution in [0.4, 0.5) is 0 Å². The average molecular weight is 493 g/mol. The molecule has 0 fully saturated rings. The summed E-state index contributed by atoms with van der Waals surface area (Å²) in [6.07, 6.45) is 0. The summed E-state index contributed by atoms with van der Waals surface area (Å²) in [6, 6.07) is 27.4. The van der Waals surface area contributed by atoms with Crippen LogP contribution in [-0.4, -0.2) is 25.2 Å². The molecular weight excluding hydrogens is 468 g/mol. The van der Waals surface area contributed by atoms with Gasteiger partial charge >= 0.3 is 0 Å². The molecule has 0 saturated carbocycles. The molecule has 1 N–H and O–H groups in total. The van der Waals surface area contributed by atoms with Crippen LogP contribution in [0.2, 0.25) is 5.02 Å². The molecule has 4 aromatic rings. The van der Waals surface area contributed by atoms with E-state index in [1.165, 1.54) is 28.6 Å². The number of nitrogens with one attached hydrogen (secondary N) is 1. The number of fused-ring (bicyclic) bond motifs is 1. The molecule has 0 bridgehead atoms. The fourth-order valence-electron chi connectivity index (χ4n) is 3.74. The van der Waals surface area contributed by atoms with Crippen molar-refractivity contribution in [3.63, 3.8) is 0 Å². The highest BCUT2D eigenvalue weighted by Gasteiger charge is 2.27. The van der Waals surface area contributed by atoms with Crippen LogP contribution in [0.1, 0.15) is 16.7 Å². The number of benzene rings is 4. The van der Waals surface area contributed by atoms with Gasteiger partial charge in [-0.1, -0.05) is 83.9 Å². The first-order chi connectivity index (χ1) is 16.3. The molecule has 1 amide bonds. The van der Waals surface area contributed by atoms with E-state index in [1.807, 2.05) is 73.7 Å². The standard InChI is InChI=1S/C27H25ClN2O3S/c1-20-9-11-21(12-10-20)18-30(34(32,33)25-15-13-24(28)14-16-25)19-27(31)29-17-23-7-4-6-22-5-2-3-8-26(22)23/h2-16H,17-19H2,1H3,(H,29,31). The lowest BCUT2D eigenvalue weighted by molar-refractivity contribution is -0.121. The molecule has 0 aliphatic heterocycles. The minimum atomic E-state index is -3.92. The quantitative estimate of drug-likeness (QED) is 0.362. The Morgan fingerprint density at radius 2 is 1.56 bits per heavy atom. The molecule has 0 aromatic heterocycles. The van der Waals surface area contributed by atoms with Crippen LogP contribution in [0.15, 0.2) is 95.9 Å². The number of carbonyl (C=O) groups excluding carboxylic acids is 1. The number of halogens is 1. The van der Waals surface area contributed by atoms with E-state index >= 15 is 0 Å². The van der Waals surface area contributed by atoms with Gasteiger partial charge in [0.05, 0.1) is 11.4 Å². The fourth-order valence-corrected chi connectivity index (χ4v) is 5.25. The van der Waals surface area contributed by atoms with Gasteiger partial charge in [0.1, 0.15) is 0 Å². The first-order valence-electron chi connectivity index (χ1n) is 10.9. The van der Waals surface area contributed by atoms with Gasteiger partial charge in [-0.3, -0.25) is 4.79 Å². The highest BCUT2D eigenvalue weighted by molar-refractivity contribution is 7.89. The van der Waals surface area contributed by atoms with Crippen molar-refractivity contribution in [3.05, 3.63) is 113 Å². The van der Waals surface area contributed by atoms with Crippen molar-refractivity contribution in [2.75, 3.05) is 6.54 Å². The maximum absolute atomic E-state index is 13.4. The molecule has 0 saturated heterocycles. The van der Waals surface area contributed by atoms with Gasteiger partial charge in [0.25, 0.3) is 0 Å². The third-order valence-corrected chi connectivity index (χ3v) is 7.66. The van der Waals surface area contributed by atoms with Gasteiger partial charge in [-0.2, -0.15) is 4.31 Å². The summed E-state index contributed by atoms with van der Waals surface area (Å²) in [5.74, 6) is -0.377. The molecule has 174 valence electrons. The van der Waals surface area contributed by atoms with Crippen LogP contribution < -0.4 is 5.32 Å². The molecule has 0 atom stereocenters. The topological polar surface area (TPSA) is 66.5 Å². The zero-order valence-electron chi connectivity index (χ0n) is 18.7. The largest absolute Gasteiger partial charge is 0.351 e. The minimum Gasteiger partial charge on any atom is -0.351 e. The molecule has 0 aliphatic carbocycles. The van der Waals surface area contributed by atoms with Crippen LogP contribution >= 0.6 is 11.6 Å². The van der Waals surface area contributed by atoms with Crippen LogP contribution in [0.3, 0.4) is 0 Å². The van der Waals surface area contributed by atoms with E-state index in [2.05, 4.69) is 5.32 Å². The molecule has 7 heteroatoms. The van der Waals surface area contributed by atoms with Crippen LogP contribution in [0.5, 0.6) is 0 Å². The minimum absolute atomic E-state index is 0.0763. The van der Waals surface area contributed by atoms with Crippen LogP contribution in [0, 0.1) is 6.92 Å². The smallest absolute Gasteiger partial charge is 0.243 e. The zero-order chi connectivity index (χ0) is 24.1. The number of sulfonamides is 1. The monoisotopic (exact) mass is 492 g/mol. The molecule has 5 nitrogen and oxygen atoms in total. The van der Waals surface area contributed by atoms with E-state index in [-0.39, 0.29) is 23.9 Å². The van der Waals surface area contributed by atoms with Gasteiger partial charge in [-0.25, -0.2) is 8.42 Å². The third-order valence-electron chi connectivity index (χ3n) is 5.61. The fraction of sp³-hybridized carbons (Fsp3) is 0.148. The van der Waals surface area contributed by atoms with Gasteiger partial charge in [0, 0.05) is 18.1 Å². The predicted molar refractivity (Wildman–Crippen MR) is 136 cm³/mol. The second kappa shape index (κ2) is 10.4. The Hall–Kier alpha value is -3.19. The molecule has 0 aliphatic rings. The lowest BCUT2D eigenvalue weighted by atomic mass is 10.0. The summed E-state index contributed by atoms with van der Waals surface area (Å²) in [5.41, 5.74) is 2.84. The maximum atomic E-state index is 13.4. The second-order valence-corrected chi connectivity index (χ2v) is 10.5. The molecule has 4 rings (SSSR count). The van der Waals surface area contributed by atoms with Crippen molar-refractivity contribution >= 4 is 38.3 Å². The Bertz CT molecular complexity index is 1400. The van der Waals surface area contributed by atoms with E-state index in [0.717, 1.165) is 27.5 Å². The van der Waals surface area contributed by atoms with E-state index in [0.29, 0.717) is 11.6 Å². The number of rotatable bonds is 8. The summed E-state index contributed by atoms with van der Waals surface area (Å²) in [4.78, 5) is 13.0. The predicted octanol–water partition coefficient (Wildman–Crippen LogP) is 5.31. The van der Waals surface area contributed by atoms with Crippen molar-refractivity contribution in [2.24, 2.45) is 0 Å². The van der Waals surface area contributed by atoms with Crippen molar-refractivity contribution in [3.8, 4) is 0 Å². The van der Waals surface area contributed by atoms with Crippen molar-refractivity contribution in [1.82, 2.24) is 9.62 Å². The Balaban J connectivity index is 1.55. The summed E-state index contributed by atoms with van der Waals surface area (Å²) >= 11 is 5.94. The van der Waals surface area contributed by atoms with Crippen LogP contribution in [-0.2, 0) is 27.9 Å². The van der Waals surface area contributed by atoms with E-state index < -0.39 is 10.0 Å². The Morgan fingerprint density at radius 1 is 0.882 bits per heavy atom. The van der Waals surface area contributed by atoms with Gasteiger partial charge in [0.15, 0.2) is 0 Å². The number of carbonyl (C=O) groups is 1. The van der Waals surface area contributed by atoms with E-state index in [1.54, 1.807) is 0 Å². The van der Waals surface area contributed by atoms with Crippen molar-refractivity contribution in [2.45, 2.75) is 24.9 Å². The Labute approximate surface area is 205 Å². The van der Waals surface area contributed by atoms with Gasteiger partial charge in [-0.15, -0.1) is 0 Å².